The van der Waals surface area contributed by atoms with Crippen LogP contribution in [0.15, 0.2) is 24.3 Å². The van der Waals surface area contributed by atoms with Gasteiger partial charge in [0.25, 0.3) is 0 Å². The van der Waals surface area contributed by atoms with Gasteiger partial charge in [0, 0.05) is 0 Å². The Hall–Kier alpha value is -1.17. The van der Waals surface area contributed by atoms with Gasteiger partial charge >= 0.3 is 25.0 Å². The SMILES string of the molecule is Cc1[c-]n(C(=O)OC(C)(C)C)c2ccccc12.[Li+]. The number of carbonyl (C=O) groups excluding carboxylic acids is 1. The maximum absolute atomic E-state index is 12.0. The number of benzene rings is 1. The molecule has 0 aliphatic heterocycles. The topological polar surface area (TPSA) is 31.2 Å². The molecule has 0 saturated carbocycles. The second-order valence-electron chi connectivity index (χ2n) is 5.07. The molecule has 0 amide bonds. The predicted molar refractivity (Wildman–Crippen MR) is 67.1 cm³/mol. The van der Waals surface area contributed by atoms with Crippen molar-refractivity contribution in [1.82, 2.24) is 4.57 Å². The van der Waals surface area contributed by atoms with Crippen molar-refractivity contribution in [2.24, 2.45) is 0 Å². The summed E-state index contributed by atoms with van der Waals surface area (Å²) in [5, 5.41) is 1.03. The Labute approximate surface area is 119 Å². The molecule has 90 valence electrons. The van der Waals surface area contributed by atoms with Gasteiger partial charge in [-0.05, 0) is 20.8 Å². The molecule has 1 heterocycles. The van der Waals surface area contributed by atoms with Crippen LogP contribution in [-0.2, 0) is 4.74 Å². The third kappa shape index (κ3) is 2.98. The number of rotatable bonds is 0. The predicted octanol–water partition coefficient (Wildman–Crippen LogP) is 0.537. The zero-order valence-electron chi connectivity index (χ0n) is 11.6. The van der Waals surface area contributed by atoms with Crippen LogP contribution in [0.2, 0.25) is 0 Å². The molecule has 0 aliphatic rings. The second kappa shape index (κ2) is 5.22. The van der Waals surface area contributed by atoms with Crippen LogP contribution in [0.25, 0.3) is 10.9 Å². The monoisotopic (exact) mass is 237 g/mol. The van der Waals surface area contributed by atoms with E-state index >= 15 is 0 Å². The molecule has 0 aliphatic carbocycles. The summed E-state index contributed by atoms with van der Waals surface area (Å²) in [6.45, 7) is 7.49. The fourth-order valence-corrected chi connectivity index (χ4v) is 1.73. The molecular formula is C14H16LiNO2. The number of aromatic nitrogens is 1. The number of ether oxygens (including phenoxy) is 1. The van der Waals surface area contributed by atoms with E-state index in [-0.39, 0.29) is 25.0 Å². The van der Waals surface area contributed by atoms with Crippen molar-refractivity contribution in [2.75, 3.05) is 0 Å². The number of nitrogens with zero attached hydrogens (tertiary/aromatic N) is 1. The average Bonchev–Trinajstić information content (AvgIpc) is 2.55. The molecule has 0 N–H and O–H groups in total. The molecule has 2 rings (SSSR count). The first kappa shape index (κ1) is 14.9. The zero-order chi connectivity index (χ0) is 12.6. The molecule has 4 heteroatoms. The summed E-state index contributed by atoms with van der Waals surface area (Å²) < 4.78 is 6.78. The van der Waals surface area contributed by atoms with Gasteiger partial charge in [0.15, 0.2) is 0 Å². The average molecular weight is 237 g/mol. The van der Waals surface area contributed by atoms with Crippen LogP contribution in [-0.4, -0.2) is 16.3 Å². The summed E-state index contributed by atoms with van der Waals surface area (Å²) in [4.78, 5) is 12.0. The molecule has 3 nitrogen and oxygen atoms in total. The molecule has 0 spiro atoms. The van der Waals surface area contributed by atoms with Gasteiger partial charge in [-0.1, -0.05) is 36.8 Å². The second-order valence-corrected chi connectivity index (χ2v) is 5.07. The maximum Gasteiger partial charge on any atom is 1.00 e. The van der Waals surface area contributed by atoms with Crippen molar-refractivity contribution in [3.63, 3.8) is 0 Å². The molecular weight excluding hydrogens is 221 g/mol. The maximum atomic E-state index is 12.0. The van der Waals surface area contributed by atoms with Gasteiger partial charge in [-0.2, -0.15) is 0 Å². The first-order chi connectivity index (χ1) is 7.88. The minimum absolute atomic E-state index is 0. The van der Waals surface area contributed by atoms with E-state index in [2.05, 4.69) is 6.20 Å². The van der Waals surface area contributed by atoms with Crippen molar-refractivity contribution in [1.29, 1.82) is 0 Å². The molecule has 0 saturated heterocycles. The van der Waals surface area contributed by atoms with Gasteiger partial charge < -0.3 is 9.30 Å². The van der Waals surface area contributed by atoms with Crippen molar-refractivity contribution >= 4 is 17.0 Å². The van der Waals surface area contributed by atoms with E-state index < -0.39 is 5.60 Å². The van der Waals surface area contributed by atoms with Crippen LogP contribution in [0.4, 0.5) is 4.79 Å². The van der Waals surface area contributed by atoms with Gasteiger partial charge in [0.1, 0.15) is 0 Å². The Morgan fingerprint density at radius 2 is 1.89 bits per heavy atom. The van der Waals surface area contributed by atoms with Gasteiger partial charge in [-0.15, -0.1) is 17.0 Å². The Morgan fingerprint density at radius 1 is 1.28 bits per heavy atom. The fraction of sp³-hybridized carbons (Fsp3) is 0.357. The molecule has 0 radical (unpaired) electrons. The van der Waals surface area contributed by atoms with Crippen molar-refractivity contribution in [2.45, 2.75) is 33.3 Å². The zero-order valence-corrected chi connectivity index (χ0v) is 11.6. The van der Waals surface area contributed by atoms with Crippen LogP contribution in [0.3, 0.4) is 0 Å². The Morgan fingerprint density at radius 3 is 2.50 bits per heavy atom. The van der Waals surface area contributed by atoms with E-state index in [0.717, 1.165) is 16.5 Å². The van der Waals surface area contributed by atoms with E-state index in [1.807, 2.05) is 52.0 Å². The third-order valence-electron chi connectivity index (χ3n) is 2.40. The smallest absolute Gasteiger partial charge is 0.487 e. The van der Waals surface area contributed by atoms with Crippen LogP contribution in [0.5, 0.6) is 0 Å². The van der Waals surface area contributed by atoms with Gasteiger partial charge in [0.2, 0.25) is 0 Å². The molecule has 0 atom stereocenters. The van der Waals surface area contributed by atoms with Crippen LogP contribution >= 0.6 is 0 Å². The largest absolute Gasteiger partial charge is 1.00 e. The summed E-state index contributed by atoms with van der Waals surface area (Å²) in [6.07, 6.45) is 2.63. The normalized spacial score (nSPS) is 11.1. The third-order valence-corrected chi connectivity index (χ3v) is 2.40. The van der Waals surface area contributed by atoms with Gasteiger partial charge in [-0.3, -0.25) is 4.79 Å². The Balaban J connectivity index is 0.00000162. The molecule has 1 aromatic carbocycles. The van der Waals surface area contributed by atoms with Crippen molar-refractivity contribution < 1.29 is 28.4 Å². The summed E-state index contributed by atoms with van der Waals surface area (Å²) in [5.41, 5.74) is 1.29. The van der Waals surface area contributed by atoms with E-state index in [0.29, 0.717) is 0 Å². The minimum Gasteiger partial charge on any atom is -0.487 e. The van der Waals surface area contributed by atoms with Crippen molar-refractivity contribution in [3.05, 3.63) is 36.0 Å². The van der Waals surface area contributed by atoms with Crippen LogP contribution in [0.1, 0.15) is 26.3 Å². The molecule has 18 heavy (non-hydrogen) atoms. The van der Waals surface area contributed by atoms with E-state index in [4.69, 9.17) is 4.74 Å². The summed E-state index contributed by atoms with van der Waals surface area (Å²) in [5.74, 6) is 0. The van der Waals surface area contributed by atoms with E-state index in [1.54, 1.807) is 0 Å². The molecule has 0 bridgehead atoms. The number of hydrogen-bond acceptors (Lipinski definition) is 2. The summed E-state index contributed by atoms with van der Waals surface area (Å²) in [6, 6.07) is 7.71. The summed E-state index contributed by atoms with van der Waals surface area (Å²) >= 11 is 0. The summed E-state index contributed by atoms with van der Waals surface area (Å²) in [7, 11) is 0. The van der Waals surface area contributed by atoms with E-state index in [1.165, 1.54) is 4.57 Å². The first-order valence-corrected chi connectivity index (χ1v) is 5.61. The minimum atomic E-state index is -0.496. The number of aryl methyl sites for hydroxylation is 1. The Kier molecular flexibility index (Phi) is 4.31. The van der Waals surface area contributed by atoms with Gasteiger partial charge in [0.05, 0.1) is 5.60 Å². The van der Waals surface area contributed by atoms with Crippen LogP contribution in [0, 0.1) is 13.1 Å². The number of carbonyl (C=O) groups is 1. The molecule has 1 aromatic heterocycles. The van der Waals surface area contributed by atoms with E-state index in [9.17, 15) is 4.79 Å². The van der Waals surface area contributed by atoms with Gasteiger partial charge in [-0.25, -0.2) is 0 Å². The molecule has 0 fully saturated rings. The standard InChI is InChI=1S/C14H16NO2.Li/c1-10-9-15(13(16)17-14(2,3)4)12-8-6-5-7-11(10)12;/h5-8H,1-4H3;/q-1;+1. The van der Waals surface area contributed by atoms with Crippen molar-refractivity contribution in [3.8, 4) is 0 Å². The first-order valence-electron chi connectivity index (χ1n) is 5.61. The number of para-hydroxylation sites is 1. The van der Waals surface area contributed by atoms with Crippen LogP contribution < -0.4 is 18.9 Å². The molecule has 0 unspecified atom stereocenters. The Bertz CT molecular complexity index is 567. The number of hydrogen-bond donors (Lipinski definition) is 0. The molecule has 2 aromatic rings. The fourth-order valence-electron chi connectivity index (χ4n) is 1.73. The quantitative estimate of drug-likeness (QED) is 0.494. The number of fused-ring (bicyclic) bond motifs is 1.